The van der Waals surface area contributed by atoms with Crippen LogP contribution in [0, 0.1) is 5.41 Å². The number of methoxy groups -OCH3 is 1. The van der Waals surface area contributed by atoms with Crippen LogP contribution in [0.3, 0.4) is 0 Å². The van der Waals surface area contributed by atoms with Crippen LogP contribution in [0.25, 0.3) is 0 Å². The first kappa shape index (κ1) is 36.4. The minimum atomic E-state index is -4.24. The predicted molar refractivity (Wildman–Crippen MR) is 169 cm³/mol. The second-order valence-corrected chi connectivity index (χ2v) is 12.1. The number of nitrogens with one attached hydrogen (secondary N) is 4. The molecule has 252 valence electrons. The molecule has 0 radical (unpaired) electrons. The third-order valence-electron chi connectivity index (χ3n) is 7.13. The second kappa shape index (κ2) is 18.2. The molecular weight excluding hydrogens is 618 g/mol. The predicted octanol–water partition coefficient (Wildman–Crippen LogP) is -0.568. The molecule has 8 N–H and O–H groups in total. The molecule has 1 heterocycles. The Morgan fingerprint density at radius 3 is 2.30 bits per heavy atom. The number of sulfonamides is 1. The Bertz CT molecular complexity index is 1420. The molecule has 2 aromatic carbocycles. The zero-order chi connectivity index (χ0) is 33.5. The molecule has 16 heteroatoms. The number of carbonyl (C=O) groups excluding carboxylic acids is 3. The molecule has 3 rings (SSSR count). The molecule has 15 nitrogen and oxygen atoms in total. The molecule has 2 aromatic rings. The molecule has 0 aromatic heterocycles. The summed E-state index contributed by atoms with van der Waals surface area (Å²) < 4.78 is 44.7. The van der Waals surface area contributed by atoms with E-state index < -0.39 is 46.2 Å². The Labute approximate surface area is 268 Å². The molecule has 0 saturated carbocycles. The van der Waals surface area contributed by atoms with Gasteiger partial charge >= 0.3 is 0 Å². The topological polar surface area (TPSA) is 228 Å². The molecule has 0 bridgehead atoms. The van der Waals surface area contributed by atoms with Gasteiger partial charge in [-0.25, -0.2) is 8.42 Å². The lowest BCUT2D eigenvalue weighted by Crippen LogP contribution is -2.54. The second-order valence-electron chi connectivity index (χ2n) is 10.4. The van der Waals surface area contributed by atoms with Crippen molar-refractivity contribution in [1.29, 1.82) is 5.41 Å². The van der Waals surface area contributed by atoms with Crippen molar-refractivity contribution in [2.75, 3.05) is 53.2 Å². The summed E-state index contributed by atoms with van der Waals surface area (Å²) in [5, 5.41) is 13.0. The highest BCUT2D eigenvalue weighted by Crippen LogP contribution is 2.21. The maximum absolute atomic E-state index is 13.8. The molecular formula is C30H43N7O8S. The lowest BCUT2D eigenvalue weighted by molar-refractivity contribution is -0.140. The van der Waals surface area contributed by atoms with Crippen LogP contribution in [0.15, 0.2) is 53.4 Å². The van der Waals surface area contributed by atoms with Crippen LogP contribution >= 0.6 is 0 Å². The number of likely N-dealkylation sites (tertiary alicyclic amines) is 1. The average molecular weight is 662 g/mol. The van der Waals surface area contributed by atoms with E-state index in [9.17, 15) is 22.8 Å². The lowest BCUT2D eigenvalue weighted by Gasteiger charge is -2.28. The molecule has 0 spiro atoms. The van der Waals surface area contributed by atoms with Crippen molar-refractivity contribution >= 4 is 33.6 Å². The van der Waals surface area contributed by atoms with Crippen LogP contribution in [0.2, 0.25) is 0 Å². The zero-order valence-electron chi connectivity index (χ0n) is 25.8. The molecule has 3 amide bonds. The number of benzene rings is 2. The van der Waals surface area contributed by atoms with E-state index in [4.69, 9.17) is 31.1 Å². The Morgan fingerprint density at radius 2 is 1.67 bits per heavy atom. The highest BCUT2D eigenvalue weighted by molar-refractivity contribution is 7.89. The number of hydrogen-bond acceptors (Lipinski definition) is 10. The quantitative estimate of drug-likeness (QED) is 0.0638. The number of amidine groups is 1. The number of rotatable bonds is 19. The smallest absolute Gasteiger partial charge is 0.243 e. The van der Waals surface area contributed by atoms with Gasteiger partial charge in [-0.15, -0.1) is 0 Å². The first-order valence-electron chi connectivity index (χ1n) is 14.9. The monoisotopic (exact) mass is 661 g/mol. The summed E-state index contributed by atoms with van der Waals surface area (Å²) in [4.78, 5) is 41.1. The molecule has 1 saturated heterocycles. The Hall–Kier alpha value is -4.09. The number of nitrogen functional groups attached to an aromatic ring is 1. The van der Waals surface area contributed by atoms with E-state index in [0.29, 0.717) is 50.5 Å². The third kappa shape index (κ3) is 11.1. The molecule has 1 aliphatic rings. The summed E-state index contributed by atoms with van der Waals surface area (Å²) >= 11 is 0. The number of amides is 3. The highest BCUT2D eigenvalue weighted by atomic mass is 32.2. The van der Waals surface area contributed by atoms with E-state index in [-0.39, 0.29) is 37.0 Å². The van der Waals surface area contributed by atoms with Gasteiger partial charge in [0.1, 0.15) is 23.7 Å². The molecule has 2 atom stereocenters. The summed E-state index contributed by atoms with van der Waals surface area (Å²) in [6.07, 6.45) is 0.395. The van der Waals surface area contributed by atoms with Crippen LogP contribution < -0.4 is 31.6 Å². The van der Waals surface area contributed by atoms with Gasteiger partial charge < -0.3 is 41.2 Å². The van der Waals surface area contributed by atoms with Gasteiger partial charge in [0.15, 0.2) is 0 Å². The zero-order valence-corrected chi connectivity index (χ0v) is 26.6. The normalized spacial score (nSPS) is 15.3. The summed E-state index contributed by atoms with van der Waals surface area (Å²) in [5.74, 6) is -1.30. The molecule has 1 fully saturated rings. The summed E-state index contributed by atoms with van der Waals surface area (Å²) in [5.41, 5.74) is 12.2. The van der Waals surface area contributed by atoms with Gasteiger partial charge in [0, 0.05) is 31.7 Å². The van der Waals surface area contributed by atoms with Crippen LogP contribution in [0.1, 0.15) is 30.4 Å². The van der Waals surface area contributed by atoms with Gasteiger partial charge in [-0.3, -0.25) is 19.8 Å². The van der Waals surface area contributed by atoms with Crippen molar-refractivity contribution < 1.29 is 37.0 Å². The van der Waals surface area contributed by atoms with Gasteiger partial charge in [0.25, 0.3) is 0 Å². The molecule has 0 aliphatic carbocycles. The Kier molecular flexibility index (Phi) is 14.4. The van der Waals surface area contributed by atoms with Crippen molar-refractivity contribution in [2.24, 2.45) is 11.5 Å². The van der Waals surface area contributed by atoms with E-state index in [1.54, 1.807) is 24.3 Å². The highest BCUT2D eigenvalue weighted by Gasteiger charge is 2.39. The van der Waals surface area contributed by atoms with E-state index in [1.165, 1.54) is 36.3 Å². The third-order valence-corrected chi connectivity index (χ3v) is 8.62. The first-order chi connectivity index (χ1) is 22.1. The maximum atomic E-state index is 13.8. The van der Waals surface area contributed by atoms with Gasteiger partial charge in [0.05, 0.1) is 44.9 Å². The fourth-order valence-electron chi connectivity index (χ4n) is 4.73. The van der Waals surface area contributed by atoms with Gasteiger partial charge in [-0.1, -0.05) is 24.3 Å². The number of carbonyl (C=O) groups is 3. The van der Waals surface area contributed by atoms with Gasteiger partial charge in [-0.2, -0.15) is 4.72 Å². The first-order valence-corrected chi connectivity index (χ1v) is 16.3. The van der Waals surface area contributed by atoms with Crippen molar-refractivity contribution in [3.63, 3.8) is 0 Å². The van der Waals surface area contributed by atoms with E-state index in [2.05, 4.69) is 15.4 Å². The largest absolute Gasteiger partial charge is 0.497 e. The number of hydrogen-bond donors (Lipinski definition) is 6. The van der Waals surface area contributed by atoms with Crippen LogP contribution in [0.5, 0.6) is 5.75 Å². The van der Waals surface area contributed by atoms with Crippen LogP contribution in [-0.2, 0) is 40.4 Å². The number of nitrogens with two attached hydrogens (primary N) is 2. The van der Waals surface area contributed by atoms with E-state index >= 15 is 0 Å². The minimum absolute atomic E-state index is 0.0703. The van der Waals surface area contributed by atoms with Gasteiger partial charge in [0.2, 0.25) is 27.7 Å². The van der Waals surface area contributed by atoms with E-state index in [0.717, 1.165) is 5.56 Å². The standard InChI is InChI=1S/C30H43N7O8S/c1-43-23-8-10-24(11-9-23)46(41,42)36-25(19-27(38)34-13-16-45-18-17-44-15-12-31)30(40)37-14-2-3-26(37)29(39)35-20-21-4-6-22(7-5-21)28(32)33/h4-11,25-26,36H,2-3,12-20,31H2,1H3,(H3,32,33)(H,34,38)(H,35,39)/t25-,26+/m1/s1. The molecule has 46 heavy (non-hydrogen) atoms. The maximum Gasteiger partial charge on any atom is 0.243 e. The molecule has 1 aliphatic heterocycles. The number of ether oxygens (including phenoxy) is 3. The van der Waals surface area contributed by atoms with Crippen LogP contribution in [-0.4, -0.2) is 102 Å². The summed E-state index contributed by atoms with van der Waals surface area (Å²) in [6, 6.07) is 10.1. The summed E-state index contributed by atoms with van der Waals surface area (Å²) in [7, 11) is -2.80. The minimum Gasteiger partial charge on any atom is -0.497 e. The average Bonchev–Trinajstić information content (AvgIpc) is 3.54. The fraction of sp³-hybridized carbons (Fsp3) is 0.467. The Morgan fingerprint density at radius 1 is 1.00 bits per heavy atom. The fourth-order valence-corrected chi connectivity index (χ4v) is 5.92. The van der Waals surface area contributed by atoms with Crippen molar-refractivity contribution in [2.45, 2.75) is 42.8 Å². The molecule has 0 unspecified atom stereocenters. The summed E-state index contributed by atoms with van der Waals surface area (Å²) in [6.45, 7) is 2.17. The SMILES string of the molecule is COc1ccc(S(=O)(=O)N[C@H](CC(=O)NCCOCCOCCN)C(=O)N2CCC[C@H]2C(=O)NCc2ccc(C(=N)N)cc2)cc1. The Balaban J connectivity index is 1.68. The van der Waals surface area contributed by atoms with Crippen LogP contribution in [0.4, 0.5) is 0 Å². The van der Waals surface area contributed by atoms with Crippen molar-refractivity contribution in [3.8, 4) is 5.75 Å². The number of nitrogens with zero attached hydrogens (tertiary/aromatic N) is 1. The van der Waals surface area contributed by atoms with E-state index in [1.807, 2.05) is 0 Å². The van der Waals surface area contributed by atoms with Gasteiger partial charge in [-0.05, 0) is 42.7 Å². The van der Waals surface area contributed by atoms with Crippen molar-refractivity contribution in [3.05, 3.63) is 59.7 Å². The lowest BCUT2D eigenvalue weighted by atomic mass is 10.1. The van der Waals surface area contributed by atoms with Crippen molar-refractivity contribution in [1.82, 2.24) is 20.3 Å².